The number of hydrogen-bond acceptors (Lipinski definition) is 2. The highest BCUT2D eigenvalue weighted by molar-refractivity contribution is 5.27. The van der Waals surface area contributed by atoms with E-state index in [0.29, 0.717) is 0 Å². The molecule has 0 radical (unpaired) electrons. The fourth-order valence-corrected chi connectivity index (χ4v) is 4.09. The normalized spacial score (nSPS) is 11.2. The van der Waals surface area contributed by atoms with Crippen LogP contribution in [0.3, 0.4) is 0 Å². The van der Waals surface area contributed by atoms with Gasteiger partial charge in [-0.25, -0.2) is 0 Å². The molecule has 2 heteroatoms. The first kappa shape index (κ1) is 25.2. The molecule has 0 amide bonds. The van der Waals surface area contributed by atoms with Gasteiger partial charge in [0.15, 0.2) is 0 Å². The molecular weight excluding hydrogens is 340 g/mol. The molecular formula is C26H48N2. The van der Waals surface area contributed by atoms with Gasteiger partial charge in [-0.3, -0.25) is 0 Å². The van der Waals surface area contributed by atoms with Gasteiger partial charge in [0.2, 0.25) is 0 Å². The number of rotatable bonds is 20. The molecule has 1 aromatic rings. The van der Waals surface area contributed by atoms with Crippen LogP contribution in [0.5, 0.6) is 0 Å². The summed E-state index contributed by atoms with van der Waals surface area (Å²) in [6.45, 7) is 1.71. The fourth-order valence-electron chi connectivity index (χ4n) is 4.09. The van der Waals surface area contributed by atoms with Crippen LogP contribution in [-0.4, -0.2) is 13.1 Å². The van der Waals surface area contributed by atoms with Gasteiger partial charge in [-0.05, 0) is 62.7 Å². The van der Waals surface area contributed by atoms with Crippen LogP contribution in [0.2, 0.25) is 0 Å². The average Bonchev–Trinajstić information content (AvgIpc) is 2.72. The molecule has 4 N–H and O–H groups in total. The first-order valence-electron chi connectivity index (χ1n) is 12.4. The molecule has 0 saturated heterocycles. The van der Waals surface area contributed by atoms with E-state index in [1.54, 1.807) is 11.1 Å². The first-order valence-corrected chi connectivity index (χ1v) is 12.4. The monoisotopic (exact) mass is 388 g/mol. The minimum absolute atomic E-state index is 0.856. The minimum Gasteiger partial charge on any atom is -0.330 e. The summed E-state index contributed by atoms with van der Waals surface area (Å²) in [5.74, 6) is 0. The zero-order valence-corrected chi connectivity index (χ0v) is 18.6. The van der Waals surface area contributed by atoms with Gasteiger partial charge in [0.05, 0.1) is 0 Å². The zero-order valence-electron chi connectivity index (χ0n) is 18.6. The van der Waals surface area contributed by atoms with E-state index in [-0.39, 0.29) is 0 Å². The van der Waals surface area contributed by atoms with E-state index in [0.717, 1.165) is 13.1 Å². The van der Waals surface area contributed by atoms with Crippen LogP contribution < -0.4 is 11.5 Å². The summed E-state index contributed by atoms with van der Waals surface area (Å²) in [4.78, 5) is 0. The van der Waals surface area contributed by atoms with Gasteiger partial charge in [0.1, 0.15) is 0 Å². The molecule has 0 aliphatic rings. The van der Waals surface area contributed by atoms with E-state index < -0.39 is 0 Å². The summed E-state index contributed by atoms with van der Waals surface area (Å²) >= 11 is 0. The number of unbranched alkanes of at least 4 members (excludes halogenated alkanes) is 14. The van der Waals surface area contributed by atoms with Crippen molar-refractivity contribution in [2.45, 2.75) is 116 Å². The lowest BCUT2D eigenvalue weighted by molar-refractivity contribution is 0.565. The SMILES string of the molecule is NCCCCCCCCCCc1ccccc1CCCCCCCCCCN. The molecule has 0 atom stereocenters. The predicted octanol–water partition coefficient (Wildman–Crippen LogP) is 6.93. The number of nitrogens with two attached hydrogens (primary N) is 2. The van der Waals surface area contributed by atoms with Crippen molar-refractivity contribution in [3.63, 3.8) is 0 Å². The number of aryl methyl sites for hydroxylation is 2. The van der Waals surface area contributed by atoms with Crippen molar-refractivity contribution in [1.82, 2.24) is 0 Å². The third kappa shape index (κ3) is 14.2. The summed E-state index contributed by atoms with van der Waals surface area (Å²) in [5, 5.41) is 0. The van der Waals surface area contributed by atoms with Crippen molar-refractivity contribution in [2.24, 2.45) is 11.5 Å². The van der Waals surface area contributed by atoms with Crippen molar-refractivity contribution in [3.8, 4) is 0 Å². The summed E-state index contributed by atoms with van der Waals surface area (Å²) in [5.41, 5.74) is 14.3. The summed E-state index contributed by atoms with van der Waals surface area (Å²) in [6, 6.07) is 9.16. The van der Waals surface area contributed by atoms with Crippen LogP contribution in [0.1, 0.15) is 114 Å². The molecule has 162 valence electrons. The van der Waals surface area contributed by atoms with Gasteiger partial charge in [-0.1, -0.05) is 101 Å². The van der Waals surface area contributed by atoms with Crippen molar-refractivity contribution < 1.29 is 0 Å². The van der Waals surface area contributed by atoms with E-state index >= 15 is 0 Å². The maximum atomic E-state index is 5.54. The smallest absolute Gasteiger partial charge is 0.00773 e. The minimum atomic E-state index is 0.856. The zero-order chi connectivity index (χ0) is 20.1. The molecule has 0 bridgehead atoms. The van der Waals surface area contributed by atoms with Crippen LogP contribution in [0.15, 0.2) is 24.3 Å². The molecule has 0 heterocycles. The first-order chi connectivity index (χ1) is 13.9. The maximum absolute atomic E-state index is 5.54. The van der Waals surface area contributed by atoms with E-state index in [2.05, 4.69) is 24.3 Å². The second kappa shape index (κ2) is 19.5. The average molecular weight is 389 g/mol. The molecule has 0 aliphatic heterocycles. The number of benzene rings is 1. The van der Waals surface area contributed by atoms with Gasteiger partial charge in [0.25, 0.3) is 0 Å². The van der Waals surface area contributed by atoms with E-state index in [1.807, 2.05) is 0 Å². The molecule has 0 aliphatic carbocycles. The van der Waals surface area contributed by atoms with E-state index in [9.17, 15) is 0 Å². The maximum Gasteiger partial charge on any atom is -0.00773 e. The standard InChI is InChI=1S/C26H48N2/c27-23-17-11-7-3-1-5-9-13-19-25-21-15-16-22-26(25)20-14-10-6-2-4-8-12-18-24-28/h15-16,21-22H,1-14,17-20,23-24,27-28H2. The Bertz CT molecular complexity index is 403. The highest BCUT2D eigenvalue weighted by Crippen LogP contribution is 2.18. The van der Waals surface area contributed by atoms with Crippen LogP contribution in [0.25, 0.3) is 0 Å². The Hall–Kier alpha value is -0.860. The molecule has 0 aromatic heterocycles. The molecule has 0 unspecified atom stereocenters. The van der Waals surface area contributed by atoms with Gasteiger partial charge in [-0.2, -0.15) is 0 Å². The van der Waals surface area contributed by atoms with Gasteiger partial charge in [-0.15, -0.1) is 0 Å². The summed E-state index contributed by atoms with van der Waals surface area (Å²) < 4.78 is 0. The van der Waals surface area contributed by atoms with Crippen molar-refractivity contribution in [3.05, 3.63) is 35.4 Å². The Morgan fingerprint density at radius 1 is 0.393 bits per heavy atom. The highest BCUT2D eigenvalue weighted by atomic mass is 14.5. The van der Waals surface area contributed by atoms with Crippen LogP contribution in [0, 0.1) is 0 Å². The second-order valence-electron chi connectivity index (χ2n) is 8.50. The number of hydrogen-bond donors (Lipinski definition) is 2. The van der Waals surface area contributed by atoms with E-state index in [1.165, 1.54) is 116 Å². The molecule has 2 nitrogen and oxygen atoms in total. The molecule has 1 aromatic carbocycles. The molecule has 0 spiro atoms. The second-order valence-corrected chi connectivity index (χ2v) is 8.50. The third-order valence-electron chi connectivity index (χ3n) is 5.92. The van der Waals surface area contributed by atoms with Gasteiger partial charge < -0.3 is 11.5 Å². The van der Waals surface area contributed by atoms with E-state index in [4.69, 9.17) is 11.5 Å². The summed E-state index contributed by atoms with van der Waals surface area (Å²) in [6.07, 6.45) is 24.2. The van der Waals surface area contributed by atoms with Gasteiger partial charge in [0, 0.05) is 0 Å². The Kier molecular flexibility index (Phi) is 17.5. The van der Waals surface area contributed by atoms with Crippen molar-refractivity contribution in [1.29, 1.82) is 0 Å². The van der Waals surface area contributed by atoms with Crippen LogP contribution in [-0.2, 0) is 12.8 Å². The van der Waals surface area contributed by atoms with Crippen molar-refractivity contribution >= 4 is 0 Å². The van der Waals surface area contributed by atoms with Crippen LogP contribution >= 0.6 is 0 Å². The Morgan fingerprint density at radius 3 is 1.00 bits per heavy atom. The molecule has 0 saturated carbocycles. The lowest BCUT2D eigenvalue weighted by atomic mass is 9.96. The van der Waals surface area contributed by atoms with Gasteiger partial charge >= 0.3 is 0 Å². The lowest BCUT2D eigenvalue weighted by Gasteiger charge is -2.10. The third-order valence-corrected chi connectivity index (χ3v) is 5.92. The topological polar surface area (TPSA) is 52.0 Å². The Labute approximate surface area is 175 Å². The molecule has 0 fully saturated rings. The summed E-state index contributed by atoms with van der Waals surface area (Å²) in [7, 11) is 0. The largest absolute Gasteiger partial charge is 0.330 e. The highest BCUT2D eigenvalue weighted by Gasteiger charge is 2.02. The Morgan fingerprint density at radius 2 is 0.679 bits per heavy atom. The molecule has 1 rings (SSSR count). The Balaban J connectivity index is 2.06. The fraction of sp³-hybridized carbons (Fsp3) is 0.769. The molecule has 28 heavy (non-hydrogen) atoms. The quantitative estimate of drug-likeness (QED) is 0.238. The predicted molar refractivity (Wildman–Crippen MR) is 126 cm³/mol. The van der Waals surface area contributed by atoms with Crippen molar-refractivity contribution in [2.75, 3.05) is 13.1 Å². The lowest BCUT2D eigenvalue weighted by Crippen LogP contribution is -1.97. The van der Waals surface area contributed by atoms with Crippen LogP contribution in [0.4, 0.5) is 0 Å².